The highest BCUT2D eigenvalue weighted by Gasteiger charge is 2.16. The van der Waals surface area contributed by atoms with Crippen molar-refractivity contribution in [2.45, 2.75) is 4.90 Å². The quantitative estimate of drug-likeness (QED) is 0.800. The molecule has 2 rings (SSSR count). The molecule has 0 amide bonds. The average Bonchev–Trinajstić information content (AvgIpc) is 2.27. The van der Waals surface area contributed by atoms with E-state index in [-0.39, 0.29) is 4.90 Å². The third-order valence-corrected chi connectivity index (χ3v) is 3.93. The Morgan fingerprint density at radius 3 is 2.62 bits per heavy atom. The summed E-state index contributed by atoms with van der Waals surface area (Å²) in [5.74, 6) is 0. The largest absolute Gasteiger partial charge is 0.297 e. The lowest BCUT2D eigenvalue weighted by Gasteiger charge is -2.06. The first-order valence-electron chi connectivity index (χ1n) is 4.41. The lowest BCUT2D eigenvalue weighted by Crippen LogP contribution is -2.02. The van der Waals surface area contributed by atoms with Crippen LogP contribution in [-0.2, 0) is 14.3 Å². The summed E-state index contributed by atoms with van der Waals surface area (Å²) in [5, 5.41) is 1.45. The maximum atomic E-state index is 11.6. The van der Waals surface area contributed by atoms with Crippen molar-refractivity contribution in [1.82, 2.24) is 0 Å². The van der Waals surface area contributed by atoms with E-state index >= 15 is 0 Å². The van der Waals surface area contributed by atoms with Gasteiger partial charge in [-0.3, -0.25) is 4.18 Å². The van der Waals surface area contributed by atoms with Gasteiger partial charge in [0.05, 0.1) is 7.11 Å². The number of hydrogen-bond donors (Lipinski definition) is 0. The van der Waals surface area contributed by atoms with E-state index in [0.29, 0.717) is 5.39 Å². The molecular weight excluding hydrogens is 292 g/mol. The van der Waals surface area contributed by atoms with Gasteiger partial charge in [0.1, 0.15) is 4.90 Å². The summed E-state index contributed by atoms with van der Waals surface area (Å²) in [4.78, 5) is 0.132. The monoisotopic (exact) mass is 299 g/mol. The predicted octanol–water partition coefficient (Wildman–Crippen LogP) is 3.10. The Bertz CT molecular complexity index is 635. The first-order valence-corrected chi connectivity index (χ1v) is 6.62. The van der Waals surface area contributed by atoms with Crippen LogP contribution in [-0.4, -0.2) is 8.42 Å². The number of fused-ring (bicyclic) bond motifs is 1. The van der Waals surface area contributed by atoms with Gasteiger partial charge in [-0.2, -0.15) is 8.42 Å². The Morgan fingerprint density at radius 1 is 1.19 bits per heavy atom. The summed E-state index contributed by atoms with van der Waals surface area (Å²) in [5.41, 5.74) is 0. The molecule has 16 heavy (non-hydrogen) atoms. The molecule has 0 aliphatic rings. The topological polar surface area (TPSA) is 43.4 Å². The minimum absolute atomic E-state index is 0.132. The van der Waals surface area contributed by atoms with E-state index in [1.807, 2.05) is 12.1 Å². The first kappa shape index (κ1) is 11.6. The zero-order valence-electron chi connectivity index (χ0n) is 8.18. The van der Waals surface area contributed by atoms with E-state index in [2.05, 4.69) is 27.2 Å². The molecule has 0 N–H and O–H groups in total. The summed E-state index contributed by atoms with van der Waals surface area (Å²) >= 11 is 3.33. The molecule has 1 radical (unpaired) electrons. The lowest BCUT2D eigenvalue weighted by atomic mass is 10.1. The fourth-order valence-electron chi connectivity index (χ4n) is 1.51. The van der Waals surface area contributed by atoms with Gasteiger partial charge in [-0.1, -0.05) is 34.1 Å². The van der Waals surface area contributed by atoms with Crippen molar-refractivity contribution >= 4 is 36.8 Å². The van der Waals surface area contributed by atoms with Gasteiger partial charge in [-0.15, -0.1) is 0 Å². The number of halogens is 1. The maximum Gasteiger partial charge on any atom is 0.297 e. The van der Waals surface area contributed by atoms with Crippen LogP contribution in [0.15, 0.2) is 45.8 Å². The molecule has 5 heteroatoms. The maximum absolute atomic E-state index is 11.6. The minimum atomic E-state index is -3.76. The second-order valence-corrected chi connectivity index (χ2v) is 5.69. The second kappa shape index (κ2) is 4.16. The summed E-state index contributed by atoms with van der Waals surface area (Å²) in [6.07, 6.45) is 0. The van der Waals surface area contributed by atoms with Crippen molar-refractivity contribution in [3.8, 4) is 0 Å². The van der Waals surface area contributed by atoms with Gasteiger partial charge in [-0.25, -0.2) is 0 Å². The van der Waals surface area contributed by atoms with Crippen LogP contribution in [0, 0.1) is 7.11 Å². The third kappa shape index (κ3) is 1.98. The average molecular weight is 300 g/mol. The van der Waals surface area contributed by atoms with Crippen LogP contribution >= 0.6 is 15.9 Å². The summed E-state index contributed by atoms with van der Waals surface area (Å²) in [7, 11) is -0.803. The van der Waals surface area contributed by atoms with Crippen LogP contribution in [0.2, 0.25) is 0 Å². The van der Waals surface area contributed by atoms with Crippen LogP contribution in [0.4, 0.5) is 0 Å². The molecule has 0 saturated heterocycles. The van der Waals surface area contributed by atoms with Crippen molar-refractivity contribution < 1.29 is 12.6 Å². The van der Waals surface area contributed by atoms with Crippen molar-refractivity contribution in [2.75, 3.05) is 0 Å². The van der Waals surface area contributed by atoms with Gasteiger partial charge in [0.25, 0.3) is 10.1 Å². The van der Waals surface area contributed by atoms with E-state index in [0.717, 1.165) is 9.86 Å². The molecule has 2 aromatic carbocycles. The van der Waals surface area contributed by atoms with E-state index < -0.39 is 10.1 Å². The first-order chi connectivity index (χ1) is 7.54. The fourth-order valence-corrected chi connectivity index (χ4v) is 2.71. The lowest BCUT2D eigenvalue weighted by molar-refractivity contribution is 0.439. The van der Waals surface area contributed by atoms with E-state index in [9.17, 15) is 8.42 Å². The highest BCUT2D eigenvalue weighted by molar-refractivity contribution is 9.10. The summed E-state index contributed by atoms with van der Waals surface area (Å²) < 4.78 is 28.4. The van der Waals surface area contributed by atoms with Crippen molar-refractivity contribution in [3.63, 3.8) is 0 Å². The molecule has 3 nitrogen and oxygen atoms in total. The second-order valence-electron chi connectivity index (χ2n) is 3.19. The predicted molar refractivity (Wildman–Crippen MR) is 65.3 cm³/mol. The molecule has 2 aromatic rings. The molecule has 0 fully saturated rings. The minimum Gasteiger partial charge on any atom is -0.264 e. The van der Waals surface area contributed by atoms with Crippen LogP contribution in [0.5, 0.6) is 0 Å². The highest BCUT2D eigenvalue weighted by Crippen LogP contribution is 2.26. The molecular formula is C11H8BrO3S. The highest BCUT2D eigenvalue weighted by atomic mass is 79.9. The Hall–Kier alpha value is -0.910. The Morgan fingerprint density at radius 2 is 1.94 bits per heavy atom. The van der Waals surface area contributed by atoms with Crippen molar-refractivity contribution in [1.29, 1.82) is 0 Å². The van der Waals surface area contributed by atoms with Crippen LogP contribution in [0.1, 0.15) is 0 Å². The van der Waals surface area contributed by atoms with Crippen LogP contribution < -0.4 is 0 Å². The number of rotatable bonds is 2. The molecule has 0 spiro atoms. The van der Waals surface area contributed by atoms with E-state index in [1.54, 1.807) is 18.2 Å². The molecule has 0 atom stereocenters. The van der Waals surface area contributed by atoms with Crippen LogP contribution in [0.3, 0.4) is 0 Å². The molecule has 0 saturated carbocycles. The molecule has 0 aliphatic carbocycles. The van der Waals surface area contributed by atoms with Gasteiger partial charge in [0.15, 0.2) is 0 Å². The van der Waals surface area contributed by atoms with Crippen molar-refractivity contribution in [3.05, 3.63) is 48.0 Å². The fraction of sp³-hybridized carbons (Fsp3) is 0. The Balaban J connectivity index is 2.82. The van der Waals surface area contributed by atoms with E-state index in [1.165, 1.54) is 6.07 Å². The van der Waals surface area contributed by atoms with Gasteiger partial charge in [-0.05, 0) is 23.6 Å². The molecule has 83 valence electrons. The summed E-state index contributed by atoms with van der Waals surface area (Å²) in [6.45, 7) is 0. The number of hydrogen-bond acceptors (Lipinski definition) is 3. The molecule has 0 bridgehead atoms. The van der Waals surface area contributed by atoms with E-state index in [4.69, 9.17) is 0 Å². The molecule has 0 heterocycles. The SMILES string of the molecule is [CH2]OS(=O)(=O)c1cccc2cc(Br)ccc12. The standard InChI is InChI=1S/C11H8BrO3S/c1-15-16(13,14)11-4-2-3-8-7-9(12)5-6-10(8)11/h2-7H,1H2. The van der Waals surface area contributed by atoms with Gasteiger partial charge < -0.3 is 0 Å². The van der Waals surface area contributed by atoms with Gasteiger partial charge in [0.2, 0.25) is 0 Å². The van der Waals surface area contributed by atoms with Crippen molar-refractivity contribution in [2.24, 2.45) is 0 Å². The number of benzene rings is 2. The normalized spacial score (nSPS) is 11.9. The zero-order valence-corrected chi connectivity index (χ0v) is 10.6. The molecule has 0 unspecified atom stereocenters. The molecule has 0 aliphatic heterocycles. The van der Waals surface area contributed by atoms with Gasteiger partial charge in [0, 0.05) is 9.86 Å². The van der Waals surface area contributed by atoms with Crippen LogP contribution in [0.25, 0.3) is 10.8 Å². The summed E-state index contributed by atoms with van der Waals surface area (Å²) in [6, 6.07) is 10.4. The smallest absolute Gasteiger partial charge is 0.264 e. The third-order valence-electron chi connectivity index (χ3n) is 2.23. The molecule has 0 aromatic heterocycles. The Kier molecular flexibility index (Phi) is 3.01. The Labute approximate surface area is 102 Å². The zero-order chi connectivity index (χ0) is 11.8. The van der Waals surface area contributed by atoms with Gasteiger partial charge >= 0.3 is 0 Å².